The molecule has 0 atom stereocenters. The zero-order chi connectivity index (χ0) is 13.9. The summed E-state index contributed by atoms with van der Waals surface area (Å²) in [6.07, 6.45) is 4.26. The van der Waals surface area contributed by atoms with Gasteiger partial charge < -0.3 is 10.1 Å². The quantitative estimate of drug-likeness (QED) is 0.887. The van der Waals surface area contributed by atoms with E-state index in [0.717, 1.165) is 18.0 Å². The molecular weight excluding hydrogens is 295 g/mol. The normalized spacial score (nSPS) is 14.3. The molecule has 0 amide bonds. The Hall–Kier alpha value is -1.29. The minimum Gasteiger partial charge on any atom is -0.456 e. The van der Waals surface area contributed by atoms with E-state index in [0.29, 0.717) is 21.8 Å². The van der Waals surface area contributed by atoms with E-state index < -0.39 is 0 Å². The van der Waals surface area contributed by atoms with Gasteiger partial charge in [-0.15, -0.1) is 0 Å². The summed E-state index contributed by atoms with van der Waals surface area (Å²) >= 11 is 12.0. The van der Waals surface area contributed by atoms with E-state index in [-0.39, 0.29) is 0 Å². The number of rotatable bonds is 5. The first kappa shape index (κ1) is 13.7. The Morgan fingerprint density at radius 3 is 2.80 bits per heavy atom. The van der Waals surface area contributed by atoms with Gasteiger partial charge in [-0.2, -0.15) is 0 Å². The number of pyridine rings is 1. The van der Waals surface area contributed by atoms with Crippen LogP contribution < -0.4 is 10.1 Å². The average molecular weight is 309 g/mol. The van der Waals surface area contributed by atoms with Crippen molar-refractivity contribution >= 4 is 23.2 Å². The van der Waals surface area contributed by atoms with Crippen molar-refractivity contribution < 1.29 is 4.74 Å². The van der Waals surface area contributed by atoms with Crippen LogP contribution >= 0.6 is 23.2 Å². The van der Waals surface area contributed by atoms with Crippen molar-refractivity contribution in [2.45, 2.75) is 25.4 Å². The van der Waals surface area contributed by atoms with Gasteiger partial charge in [0.2, 0.25) is 0 Å². The smallest absolute Gasteiger partial charge is 0.146 e. The maximum Gasteiger partial charge on any atom is 0.146 e. The molecule has 1 aromatic carbocycles. The van der Waals surface area contributed by atoms with Crippen LogP contribution in [0.15, 0.2) is 36.5 Å². The summed E-state index contributed by atoms with van der Waals surface area (Å²) in [5.74, 6) is 1.31. The lowest BCUT2D eigenvalue weighted by molar-refractivity contribution is 0.480. The van der Waals surface area contributed by atoms with Crippen LogP contribution in [0, 0.1) is 0 Å². The number of nitrogens with one attached hydrogen (secondary N) is 1. The number of benzene rings is 1. The summed E-state index contributed by atoms with van der Waals surface area (Å²) in [5.41, 5.74) is 0.958. The molecule has 0 unspecified atom stereocenters. The lowest BCUT2D eigenvalue weighted by Gasteiger charge is -2.09. The largest absolute Gasteiger partial charge is 0.456 e. The number of halogens is 2. The molecule has 3 nitrogen and oxygen atoms in total. The first-order valence-corrected chi connectivity index (χ1v) is 7.27. The lowest BCUT2D eigenvalue weighted by atomic mass is 10.3. The molecule has 3 rings (SSSR count). The monoisotopic (exact) mass is 308 g/mol. The number of nitrogens with zero attached hydrogens (tertiary/aromatic N) is 1. The maximum atomic E-state index is 6.09. The Morgan fingerprint density at radius 1 is 1.20 bits per heavy atom. The molecule has 1 aromatic heterocycles. The molecule has 1 N–H and O–H groups in total. The highest BCUT2D eigenvalue weighted by atomic mass is 35.5. The van der Waals surface area contributed by atoms with Gasteiger partial charge in [0.15, 0.2) is 0 Å². The summed E-state index contributed by atoms with van der Waals surface area (Å²) < 4.78 is 5.77. The molecule has 1 saturated carbocycles. The molecule has 0 radical (unpaired) electrons. The predicted octanol–water partition coefficient (Wildman–Crippen LogP) is 4.43. The Morgan fingerprint density at radius 2 is 2.05 bits per heavy atom. The van der Waals surface area contributed by atoms with Gasteiger partial charge in [-0.1, -0.05) is 23.2 Å². The molecule has 0 bridgehead atoms. The van der Waals surface area contributed by atoms with Crippen molar-refractivity contribution in [1.82, 2.24) is 10.3 Å². The molecule has 1 aliphatic rings. The fourth-order valence-corrected chi connectivity index (χ4v) is 2.28. The van der Waals surface area contributed by atoms with Gasteiger partial charge >= 0.3 is 0 Å². The van der Waals surface area contributed by atoms with Crippen LogP contribution in [0.3, 0.4) is 0 Å². The highest BCUT2D eigenvalue weighted by molar-refractivity contribution is 6.35. The van der Waals surface area contributed by atoms with Gasteiger partial charge in [0.25, 0.3) is 0 Å². The van der Waals surface area contributed by atoms with E-state index >= 15 is 0 Å². The van der Waals surface area contributed by atoms with E-state index in [1.165, 1.54) is 12.8 Å². The molecule has 0 spiro atoms. The maximum absolute atomic E-state index is 6.09. The topological polar surface area (TPSA) is 34.1 Å². The molecular formula is C15H14Cl2N2O. The fourth-order valence-electron chi connectivity index (χ4n) is 1.84. The van der Waals surface area contributed by atoms with Gasteiger partial charge in [-0.05, 0) is 37.1 Å². The van der Waals surface area contributed by atoms with Crippen LogP contribution in [0.5, 0.6) is 11.5 Å². The molecule has 1 heterocycles. The minimum atomic E-state index is 0.493. The van der Waals surface area contributed by atoms with Gasteiger partial charge in [0.1, 0.15) is 11.5 Å². The van der Waals surface area contributed by atoms with Crippen molar-refractivity contribution in [3.63, 3.8) is 0 Å². The van der Waals surface area contributed by atoms with Crippen LogP contribution in [-0.2, 0) is 6.54 Å². The van der Waals surface area contributed by atoms with E-state index in [1.807, 2.05) is 12.1 Å². The highest BCUT2D eigenvalue weighted by Gasteiger charge is 2.20. The summed E-state index contributed by atoms with van der Waals surface area (Å²) in [6, 6.07) is 9.56. The zero-order valence-electron chi connectivity index (χ0n) is 10.8. The van der Waals surface area contributed by atoms with Gasteiger partial charge in [0.05, 0.1) is 10.7 Å². The van der Waals surface area contributed by atoms with Crippen molar-refractivity contribution in [2.75, 3.05) is 0 Å². The standard InChI is InChI=1S/C15H14Cl2N2O/c16-10-1-4-15(14(17)7-10)20-13-5-6-18-12(8-13)9-19-11-2-3-11/h1,4-8,11,19H,2-3,9H2. The Labute approximate surface area is 127 Å². The van der Waals surface area contributed by atoms with Crippen LogP contribution in [0.25, 0.3) is 0 Å². The fraction of sp³-hybridized carbons (Fsp3) is 0.267. The van der Waals surface area contributed by atoms with Crippen LogP contribution in [0.2, 0.25) is 10.0 Å². The van der Waals surface area contributed by atoms with Gasteiger partial charge in [-0.25, -0.2) is 0 Å². The zero-order valence-corrected chi connectivity index (χ0v) is 12.3. The molecule has 0 aliphatic heterocycles. The number of hydrogen-bond donors (Lipinski definition) is 1. The molecule has 1 aliphatic carbocycles. The van der Waals surface area contributed by atoms with Crippen molar-refractivity contribution in [1.29, 1.82) is 0 Å². The highest BCUT2D eigenvalue weighted by Crippen LogP contribution is 2.31. The molecule has 20 heavy (non-hydrogen) atoms. The van der Waals surface area contributed by atoms with Gasteiger partial charge in [-0.3, -0.25) is 4.98 Å². The van der Waals surface area contributed by atoms with Crippen molar-refractivity contribution in [2.24, 2.45) is 0 Å². The average Bonchev–Trinajstić information content (AvgIpc) is 3.24. The van der Waals surface area contributed by atoms with E-state index in [2.05, 4.69) is 10.3 Å². The van der Waals surface area contributed by atoms with Crippen LogP contribution in [0.1, 0.15) is 18.5 Å². The third kappa shape index (κ3) is 3.63. The van der Waals surface area contributed by atoms with E-state index in [4.69, 9.17) is 27.9 Å². The first-order valence-electron chi connectivity index (χ1n) is 6.52. The molecule has 0 saturated heterocycles. The second kappa shape index (κ2) is 6.00. The van der Waals surface area contributed by atoms with Crippen molar-refractivity contribution in [3.8, 4) is 11.5 Å². The summed E-state index contributed by atoms with van der Waals surface area (Å²) in [7, 11) is 0. The minimum absolute atomic E-state index is 0.493. The predicted molar refractivity (Wildman–Crippen MR) is 80.6 cm³/mol. The van der Waals surface area contributed by atoms with Crippen LogP contribution in [0.4, 0.5) is 0 Å². The summed E-state index contributed by atoms with van der Waals surface area (Å²) in [4.78, 5) is 4.32. The van der Waals surface area contributed by atoms with Crippen LogP contribution in [-0.4, -0.2) is 11.0 Å². The molecule has 2 aromatic rings. The van der Waals surface area contributed by atoms with Crippen molar-refractivity contribution in [3.05, 3.63) is 52.3 Å². The Balaban J connectivity index is 1.70. The summed E-state index contributed by atoms with van der Waals surface area (Å²) in [6.45, 7) is 0.760. The SMILES string of the molecule is Clc1ccc(Oc2ccnc(CNC3CC3)c2)c(Cl)c1. The third-order valence-electron chi connectivity index (χ3n) is 3.06. The number of aromatic nitrogens is 1. The van der Waals surface area contributed by atoms with Gasteiger partial charge in [0, 0.05) is 29.9 Å². The van der Waals surface area contributed by atoms with E-state index in [9.17, 15) is 0 Å². The summed E-state index contributed by atoms with van der Waals surface area (Å²) in [5, 5.41) is 4.50. The Bertz CT molecular complexity index is 615. The molecule has 104 valence electrons. The number of hydrogen-bond acceptors (Lipinski definition) is 3. The van der Waals surface area contributed by atoms with E-state index in [1.54, 1.807) is 24.4 Å². The second-order valence-electron chi connectivity index (χ2n) is 4.81. The third-order valence-corrected chi connectivity index (χ3v) is 3.59. The first-order chi connectivity index (χ1) is 9.70. The lowest BCUT2D eigenvalue weighted by Crippen LogP contribution is -2.16. The Kier molecular flexibility index (Phi) is 4.10. The molecule has 1 fully saturated rings. The number of ether oxygens (including phenoxy) is 1. The molecule has 5 heteroatoms. The second-order valence-corrected chi connectivity index (χ2v) is 5.66.